The minimum atomic E-state index is -0.270. The van der Waals surface area contributed by atoms with E-state index in [0.717, 1.165) is 16.5 Å². The average Bonchev–Trinajstić information content (AvgIpc) is 2.81. The van der Waals surface area contributed by atoms with E-state index in [0.29, 0.717) is 12.2 Å². The molecule has 1 aromatic heterocycles. The van der Waals surface area contributed by atoms with Crippen molar-refractivity contribution in [1.82, 2.24) is 20.4 Å². The van der Waals surface area contributed by atoms with Gasteiger partial charge in [-0.2, -0.15) is 5.10 Å². The quantitative estimate of drug-likeness (QED) is 0.875. The van der Waals surface area contributed by atoms with Crippen molar-refractivity contribution < 1.29 is 9.59 Å². The van der Waals surface area contributed by atoms with E-state index < -0.39 is 0 Å². The molecule has 6 heteroatoms. The first kappa shape index (κ1) is 14.0. The number of aromatic nitrogens is 2. The molecule has 0 saturated heterocycles. The number of nitrogens with zero attached hydrogens (tertiary/aromatic N) is 2. The summed E-state index contributed by atoms with van der Waals surface area (Å²) in [5.74, 6) is -0.290. The fourth-order valence-electron chi connectivity index (χ4n) is 1.89. The number of rotatable bonds is 4. The summed E-state index contributed by atoms with van der Waals surface area (Å²) >= 11 is 0. The van der Waals surface area contributed by atoms with Gasteiger partial charge in [-0.3, -0.25) is 14.7 Å². The van der Waals surface area contributed by atoms with E-state index in [1.54, 1.807) is 14.1 Å². The molecule has 0 saturated carbocycles. The zero-order valence-electron chi connectivity index (χ0n) is 11.9. The van der Waals surface area contributed by atoms with E-state index in [1.807, 2.05) is 25.1 Å². The number of carbonyl (C=O) groups is 2. The van der Waals surface area contributed by atoms with E-state index in [-0.39, 0.29) is 18.2 Å². The van der Waals surface area contributed by atoms with Crippen LogP contribution in [0.15, 0.2) is 18.2 Å². The topological polar surface area (TPSA) is 78.1 Å². The molecule has 20 heavy (non-hydrogen) atoms. The summed E-state index contributed by atoms with van der Waals surface area (Å²) in [4.78, 5) is 25.0. The smallest absolute Gasteiger partial charge is 0.272 e. The number of carbonyl (C=O) groups excluding carboxylic acids is 2. The molecule has 0 radical (unpaired) electrons. The molecule has 0 aliphatic carbocycles. The second-order valence-electron chi connectivity index (χ2n) is 4.92. The monoisotopic (exact) mass is 274 g/mol. The lowest BCUT2D eigenvalue weighted by atomic mass is 10.1. The van der Waals surface area contributed by atoms with Crippen molar-refractivity contribution in [3.63, 3.8) is 0 Å². The summed E-state index contributed by atoms with van der Waals surface area (Å²) in [6, 6.07) is 5.76. The number of hydrogen-bond donors (Lipinski definition) is 2. The Bertz CT molecular complexity index is 646. The first-order valence-corrected chi connectivity index (χ1v) is 6.42. The third kappa shape index (κ3) is 2.96. The van der Waals surface area contributed by atoms with Gasteiger partial charge < -0.3 is 10.2 Å². The van der Waals surface area contributed by atoms with Crippen molar-refractivity contribution in [1.29, 1.82) is 0 Å². The van der Waals surface area contributed by atoms with Crippen LogP contribution in [0.5, 0.6) is 0 Å². The van der Waals surface area contributed by atoms with Crippen LogP contribution in [0.25, 0.3) is 10.9 Å². The Kier molecular flexibility index (Phi) is 4.02. The molecule has 2 amide bonds. The maximum atomic E-state index is 12.1. The van der Waals surface area contributed by atoms with Gasteiger partial charge in [-0.1, -0.05) is 11.6 Å². The minimum Gasteiger partial charge on any atom is -0.350 e. The molecule has 0 aliphatic heterocycles. The Balaban J connectivity index is 2.04. The molecule has 1 aromatic carbocycles. The highest BCUT2D eigenvalue weighted by atomic mass is 16.2. The summed E-state index contributed by atoms with van der Waals surface area (Å²) in [6.45, 7) is 2.26. The standard InChI is InChI=1S/C14H18N4O2/c1-9-4-5-11-10(8-9)13(17-16-11)14(20)15-7-6-12(19)18(2)3/h4-5,8H,6-7H2,1-3H3,(H,15,20)(H,16,17). The second-order valence-corrected chi connectivity index (χ2v) is 4.92. The summed E-state index contributed by atoms with van der Waals surface area (Å²) in [6.07, 6.45) is 0.278. The van der Waals surface area contributed by atoms with Gasteiger partial charge in [0.15, 0.2) is 5.69 Å². The molecule has 0 aliphatic rings. The molecule has 0 fully saturated rings. The maximum Gasteiger partial charge on any atom is 0.272 e. The van der Waals surface area contributed by atoms with Gasteiger partial charge in [-0.05, 0) is 19.1 Å². The normalized spacial score (nSPS) is 10.6. The van der Waals surface area contributed by atoms with E-state index >= 15 is 0 Å². The molecule has 106 valence electrons. The van der Waals surface area contributed by atoms with Gasteiger partial charge in [0, 0.05) is 32.4 Å². The van der Waals surface area contributed by atoms with E-state index in [2.05, 4.69) is 15.5 Å². The molecular weight excluding hydrogens is 256 g/mol. The lowest BCUT2D eigenvalue weighted by molar-refractivity contribution is -0.128. The summed E-state index contributed by atoms with van der Waals surface area (Å²) in [5, 5.41) is 10.4. The number of amides is 2. The van der Waals surface area contributed by atoms with Gasteiger partial charge in [-0.15, -0.1) is 0 Å². The molecule has 1 heterocycles. The Hall–Kier alpha value is -2.37. The van der Waals surface area contributed by atoms with Gasteiger partial charge in [-0.25, -0.2) is 0 Å². The second kappa shape index (κ2) is 5.73. The highest BCUT2D eigenvalue weighted by Crippen LogP contribution is 2.17. The van der Waals surface area contributed by atoms with Crippen LogP contribution in [0.1, 0.15) is 22.5 Å². The first-order chi connectivity index (χ1) is 9.49. The van der Waals surface area contributed by atoms with Crippen molar-refractivity contribution in [2.75, 3.05) is 20.6 Å². The Morgan fingerprint density at radius 1 is 1.35 bits per heavy atom. The fourth-order valence-corrected chi connectivity index (χ4v) is 1.89. The molecule has 0 unspecified atom stereocenters. The molecule has 2 aromatic rings. The predicted octanol–water partition coefficient (Wildman–Crippen LogP) is 1.08. The third-order valence-electron chi connectivity index (χ3n) is 3.06. The molecule has 0 atom stereocenters. The van der Waals surface area contributed by atoms with Gasteiger partial charge in [0.1, 0.15) is 0 Å². The number of hydrogen-bond acceptors (Lipinski definition) is 3. The lowest BCUT2D eigenvalue weighted by Crippen LogP contribution is -2.30. The van der Waals surface area contributed by atoms with E-state index in [1.165, 1.54) is 4.90 Å². The van der Waals surface area contributed by atoms with Crippen molar-refractivity contribution >= 4 is 22.7 Å². The number of benzene rings is 1. The zero-order chi connectivity index (χ0) is 14.7. The average molecular weight is 274 g/mol. The predicted molar refractivity (Wildman–Crippen MR) is 76.5 cm³/mol. The van der Waals surface area contributed by atoms with E-state index in [4.69, 9.17) is 0 Å². The Labute approximate surface area is 117 Å². The van der Waals surface area contributed by atoms with Crippen LogP contribution >= 0.6 is 0 Å². The van der Waals surface area contributed by atoms with Crippen LogP contribution in [0, 0.1) is 6.92 Å². The van der Waals surface area contributed by atoms with Crippen LogP contribution in [-0.4, -0.2) is 47.6 Å². The summed E-state index contributed by atoms with van der Waals surface area (Å²) in [5.41, 5.74) is 2.25. The highest BCUT2D eigenvalue weighted by Gasteiger charge is 2.14. The molecule has 6 nitrogen and oxygen atoms in total. The molecule has 0 bridgehead atoms. The Morgan fingerprint density at radius 2 is 2.10 bits per heavy atom. The van der Waals surface area contributed by atoms with Gasteiger partial charge in [0.05, 0.1) is 5.52 Å². The molecule has 2 N–H and O–H groups in total. The summed E-state index contributed by atoms with van der Waals surface area (Å²) in [7, 11) is 3.38. The number of aromatic amines is 1. The van der Waals surface area contributed by atoms with Crippen molar-refractivity contribution in [2.45, 2.75) is 13.3 Å². The fraction of sp³-hybridized carbons (Fsp3) is 0.357. The van der Waals surface area contributed by atoms with Crippen molar-refractivity contribution in [3.8, 4) is 0 Å². The lowest BCUT2D eigenvalue weighted by Gasteiger charge is -2.10. The summed E-state index contributed by atoms with van der Waals surface area (Å²) < 4.78 is 0. The third-order valence-corrected chi connectivity index (χ3v) is 3.06. The van der Waals surface area contributed by atoms with Crippen LogP contribution < -0.4 is 5.32 Å². The van der Waals surface area contributed by atoms with Crippen LogP contribution in [0.2, 0.25) is 0 Å². The van der Waals surface area contributed by atoms with Crippen LogP contribution in [0.3, 0.4) is 0 Å². The SMILES string of the molecule is Cc1ccc2[nH]nc(C(=O)NCCC(=O)N(C)C)c2c1. The van der Waals surface area contributed by atoms with Crippen molar-refractivity contribution in [2.24, 2.45) is 0 Å². The number of aryl methyl sites for hydroxylation is 1. The maximum absolute atomic E-state index is 12.1. The largest absolute Gasteiger partial charge is 0.350 e. The molecule has 2 rings (SSSR count). The molecule has 0 spiro atoms. The van der Waals surface area contributed by atoms with Crippen molar-refractivity contribution in [3.05, 3.63) is 29.5 Å². The number of fused-ring (bicyclic) bond motifs is 1. The Morgan fingerprint density at radius 3 is 2.80 bits per heavy atom. The van der Waals surface area contributed by atoms with Crippen LogP contribution in [0.4, 0.5) is 0 Å². The molecular formula is C14H18N4O2. The first-order valence-electron chi connectivity index (χ1n) is 6.42. The van der Waals surface area contributed by atoms with E-state index in [9.17, 15) is 9.59 Å². The van der Waals surface area contributed by atoms with Crippen LogP contribution in [-0.2, 0) is 4.79 Å². The van der Waals surface area contributed by atoms with Gasteiger partial charge in [0.2, 0.25) is 5.91 Å². The number of nitrogens with one attached hydrogen (secondary N) is 2. The zero-order valence-corrected chi connectivity index (χ0v) is 11.9. The van der Waals surface area contributed by atoms with Gasteiger partial charge >= 0.3 is 0 Å². The number of H-pyrrole nitrogens is 1. The minimum absolute atomic E-state index is 0.0203. The highest BCUT2D eigenvalue weighted by molar-refractivity contribution is 6.04. The van der Waals surface area contributed by atoms with Gasteiger partial charge in [0.25, 0.3) is 5.91 Å².